The molecule has 0 fully saturated rings. The molecule has 102 valence electrons. The number of amides is 1. The standard InChI is InChI=1S/C14H11IN2O3/c1-9-5-6-12(17(19)20)8-13(9)14(18)16-11-4-2-3-10(15)7-11/h2-8H,1H3,(H,16,18). The molecule has 0 radical (unpaired) electrons. The van der Waals surface area contributed by atoms with Crippen LogP contribution in [0.2, 0.25) is 0 Å². The lowest BCUT2D eigenvalue weighted by Crippen LogP contribution is -2.13. The Kier molecular flexibility index (Phi) is 4.33. The maximum atomic E-state index is 12.2. The van der Waals surface area contributed by atoms with Gasteiger partial charge in [-0.25, -0.2) is 0 Å². The van der Waals surface area contributed by atoms with Crippen molar-refractivity contribution >= 4 is 39.9 Å². The van der Waals surface area contributed by atoms with Gasteiger partial charge < -0.3 is 5.32 Å². The molecule has 0 unspecified atom stereocenters. The van der Waals surface area contributed by atoms with E-state index in [0.29, 0.717) is 16.8 Å². The van der Waals surface area contributed by atoms with E-state index < -0.39 is 4.92 Å². The third-order valence-electron chi connectivity index (χ3n) is 2.76. The van der Waals surface area contributed by atoms with Crippen molar-refractivity contribution < 1.29 is 9.72 Å². The normalized spacial score (nSPS) is 10.1. The number of benzene rings is 2. The molecule has 0 atom stereocenters. The molecule has 6 heteroatoms. The van der Waals surface area contributed by atoms with Gasteiger partial charge in [-0.1, -0.05) is 12.1 Å². The lowest BCUT2D eigenvalue weighted by molar-refractivity contribution is -0.384. The van der Waals surface area contributed by atoms with Crippen molar-refractivity contribution in [3.05, 3.63) is 67.3 Å². The number of nitrogens with zero attached hydrogens (tertiary/aromatic N) is 1. The molecule has 0 spiro atoms. The summed E-state index contributed by atoms with van der Waals surface area (Å²) in [4.78, 5) is 22.4. The van der Waals surface area contributed by atoms with E-state index in [1.165, 1.54) is 12.1 Å². The zero-order valence-electron chi connectivity index (χ0n) is 10.6. The van der Waals surface area contributed by atoms with E-state index in [9.17, 15) is 14.9 Å². The maximum absolute atomic E-state index is 12.2. The summed E-state index contributed by atoms with van der Waals surface area (Å²) in [5, 5.41) is 13.5. The van der Waals surface area contributed by atoms with Crippen LogP contribution in [0.1, 0.15) is 15.9 Å². The van der Waals surface area contributed by atoms with Crippen molar-refractivity contribution in [1.29, 1.82) is 0 Å². The van der Waals surface area contributed by atoms with Gasteiger partial charge in [0.25, 0.3) is 11.6 Å². The highest BCUT2D eigenvalue weighted by Gasteiger charge is 2.14. The van der Waals surface area contributed by atoms with E-state index >= 15 is 0 Å². The quantitative estimate of drug-likeness (QED) is 0.499. The molecule has 0 aliphatic carbocycles. The average Bonchev–Trinajstić information content (AvgIpc) is 2.38. The van der Waals surface area contributed by atoms with E-state index in [0.717, 1.165) is 3.57 Å². The Bertz CT molecular complexity index is 686. The van der Waals surface area contributed by atoms with Gasteiger partial charge in [0.1, 0.15) is 0 Å². The molecular formula is C14H11IN2O3. The minimum atomic E-state index is -0.512. The summed E-state index contributed by atoms with van der Waals surface area (Å²) < 4.78 is 0.996. The average molecular weight is 382 g/mol. The Hall–Kier alpha value is -1.96. The van der Waals surface area contributed by atoms with Crippen molar-refractivity contribution in [2.45, 2.75) is 6.92 Å². The third-order valence-corrected chi connectivity index (χ3v) is 3.43. The monoisotopic (exact) mass is 382 g/mol. The molecule has 0 aromatic heterocycles. The summed E-state index contributed by atoms with van der Waals surface area (Å²) in [5.74, 6) is -0.354. The highest BCUT2D eigenvalue weighted by molar-refractivity contribution is 14.1. The first kappa shape index (κ1) is 14.4. The number of rotatable bonds is 3. The molecule has 0 saturated carbocycles. The van der Waals surface area contributed by atoms with Crippen LogP contribution < -0.4 is 5.32 Å². The fourth-order valence-corrected chi connectivity index (χ4v) is 2.28. The first-order chi connectivity index (χ1) is 9.47. The number of carbonyl (C=O) groups excluding carboxylic acids is 1. The van der Waals surface area contributed by atoms with Gasteiger partial charge in [0, 0.05) is 27.0 Å². The summed E-state index contributed by atoms with van der Waals surface area (Å²) in [5.41, 5.74) is 1.56. The van der Waals surface area contributed by atoms with Gasteiger partial charge in [0.2, 0.25) is 0 Å². The van der Waals surface area contributed by atoms with E-state index in [2.05, 4.69) is 27.9 Å². The number of nitrogens with one attached hydrogen (secondary N) is 1. The van der Waals surface area contributed by atoms with Crippen molar-refractivity contribution in [2.24, 2.45) is 0 Å². The largest absolute Gasteiger partial charge is 0.322 e. The number of nitro benzene ring substituents is 1. The van der Waals surface area contributed by atoms with E-state index in [4.69, 9.17) is 0 Å². The number of hydrogen-bond acceptors (Lipinski definition) is 3. The topological polar surface area (TPSA) is 72.2 Å². The molecule has 2 rings (SSSR count). The Morgan fingerprint density at radius 2 is 2.00 bits per heavy atom. The SMILES string of the molecule is Cc1ccc([N+](=O)[O-])cc1C(=O)Nc1cccc(I)c1. The molecule has 0 bridgehead atoms. The van der Waals surface area contributed by atoms with Gasteiger partial charge in [-0.05, 0) is 53.3 Å². The van der Waals surface area contributed by atoms with Crippen LogP contribution in [0.4, 0.5) is 11.4 Å². The molecule has 2 aromatic carbocycles. The third kappa shape index (κ3) is 3.32. The second-order valence-corrected chi connectivity index (χ2v) is 5.47. The minimum Gasteiger partial charge on any atom is -0.322 e. The molecule has 0 aliphatic rings. The fourth-order valence-electron chi connectivity index (χ4n) is 1.73. The summed E-state index contributed by atoms with van der Waals surface area (Å²) >= 11 is 2.15. The number of nitro groups is 1. The van der Waals surface area contributed by atoms with Gasteiger partial charge in [-0.3, -0.25) is 14.9 Å². The van der Waals surface area contributed by atoms with Gasteiger partial charge in [-0.15, -0.1) is 0 Å². The molecule has 1 amide bonds. The molecule has 20 heavy (non-hydrogen) atoms. The number of anilines is 1. The zero-order chi connectivity index (χ0) is 14.7. The van der Waals surface area contributed by atoms with Crippen LogP contribution in [0.15, 0.2) is 42.5 Å². The van der Waals surface area contributed by atoms with Gasteiger partial charge >= 0.3 is 0 Å². The number of carbonyl (C=O) groups is 1. The van der Waals surface area contributed by atoms with Crippen molar-refractivity contribution in [3.8, 4) is 0 Å². The Morgan fingerprint density at radius 3 is 2.65 bits per heavy atom. The number of halogens is 1. The van der Waals surface area contributed by atoms with E-state index in [1.54, 1.807) is 19.1 Å². The molecule has 1 N–H and O–H groups in total. The Balaban J connectivity index is 2.29. The smallest absolute Gasteiger partial charge is 0.270 e. The predicted octanol–water partition coefficient (Wildman–Crippen LogP) is 3.76. The van der Waals surface area contributed by atoms with Crippen molar-refractivity contribution in [2.75, 3.05) is 5.32 Å². The highest BCUT2D eigenvalue weighted by atomic mass is 127. The summed E-state index contributed by atoms with van der Waals surface area (Å²) in [6, 6.07) is 11.6. The van der Waals surface area contributed by atoms with Gasteiger partial charge in [-0.2, -0.15) is 0 Å². The number of non-ortho nitro benzene ring substituents is 1. The zero-order valence-corrected chi connectivity index (χ0v) is 12.7. The summed E-state index contributed by atoms with van der Waals surface area (Å²) in [6.07, 6.45) is 0. The van der Waals surface area contributed by atoms with Crippen LogP contribution in [0.25, 0.3) is 0 Å². The molecule has 0 heterocycles. The van der Waals surface area contributed by atoms with E-state index in [-0.39, 0.29) is 11.6 Å². The van der Waals surface area contributed by atoms with E-state index in [1.807, 2.05) is 18.2 Å². The second kappa shape index (κ2) is 6.00. The maximum Gasteiger partial charge on any atom is 0.270 e. The first-order valence-electron chi connectivity index (χ1n) is 5.79. The Morgan fingerprint density at radius 1 is 1.25 bits per heavy atom. The molecule has 2 aromatic rings. The van der Waals surface area contributed by atoms with Crippen LogP contribution >= 0.6 is 22.6 Å². The molecule has 5 nitrogen and oxygen atoms in total. The molecule has 0 aliphatic heterocycles. The molecular weight excluding hydrogens is 371 g/mol. The summed E-state index contributed by atoms with van der Waals surface area (Å²) in [6.45, 7) is 1.74. The van der Waals surface area contributed by atoms with Crippen molar-refractivity contribution in [3.63, 3.8) is 0 Å². The fraction of sp³-hybridized carbons (Fsp3) is 0.0714. The predicted molar refractivity (Wildman–Crippen MR) is 84.9 cm³/mol. The van der Waals surface area contributed by atoms with Gasteiger partial charge in [0.05, 0.1) is 4.92 Å². The van der Waals surface area contributed by atoms with Crippen LogP contribution in [-0.2, 0) is 0 Å². The van der Waals surface area contributed by atoms with Gasteiger partial charge in [0.15, 0.2) is 0 Å². The first-order valence-corrected chi connectivity index (χ1v) is 6.87. The van der Waals surface area contributed by atoms with Crippen LogP contribution in [0, 0.1) is 20.6 Å². The molecule has 0 saturated heterocycles. The summed E-state index contributed by atoms with van der Waals surface area (Å²) in [7, 11) is 0. The highest BCUT2D eigenvalue weighted by Crippen LogP contribution is 2.19. The van der Waals surface area contributed by atoms with Crippen LogP contribution in [0.5, 0.6) is 0 Å². The Labute approximate surface area is 129 Å². The lowest BCUT2D eigenvalue weighted by Gasteiger charge is -2.08. The van der Waals surface area contributed by atoms with Crippen LogP contribution in [-0.4, -0.2) is 10.8 Å². The number of hydrogen-bond donors (Lipinski definition) is 1. The second-order valence-electron chi connectivity index (χ2n) is 4.22. The minimum absolute atomic E-state index is 0.0941. The van der Waals surface area contributed by atoms with Crippen LogP contribution in [0.3, 0.4) is 0 Å². The number of aryl methyl sites for hydroxylation is 1. The van der Waals surface area contributed by atoms with Crippen molar-refractivity contribution in [1.82, 2.24) is 0 Å². The lowest BCUT2D eigenvalue weighted by atomic mass is 10.1.